The molecule has 0 aromatic heterocycles. The Morgan fingerprint density at radius 1 is 1.18 bits per heavy atom. The molecule has 4 fully saturated rings. The lowest BCUT2D eigenvalue weighted by atomic mass is 9.46. The predicted octanol–water partition coefficient (Wildman–Crippen LogP) is 5.47. The topological polar surface area (TPSA) is 97.3 Å². The van der Waals surface area contributed by atoms with Gasteiger partial charge in [-0.2, -0.15) is 0 Å². The average Bonchev–Trinajstić information content (AvgIpc) is 3.49. The fourth-order valence-electron chi connectivity index (χ4n) is 9.36. The van der Waals surface area contributed by atoms with E-state index in [1.807, 2.05) is 13.0 Å². The number of nitrogens with zero attached hydrogens (tertiary/aromatic N) is 2. The van der Waals surface area contributed by atoms with Gasteiger partial charge in [0.1, 0.15) is 0 Å². The molecular weight excluding hydrogens is 494 g/mol. The fourth-order valence-corrected chi connectivity index (χ4v) is 9.36. The number of rotatable bonds is 8. The number of hydrogen-bond donors (Lipinski definition) is 1. The minimum atomic E-state index is -0.572. The van der Waals surface area contributed by atoms with E-state index in [1.165, 1.54) is 29.7 Å². The van der Waals surface area contributed by atoms with Crippen molar-refractivity contribution in [1.29, 1.82) is 0 Å². The smallest absolute Gasteiger partial charge is 0.438 e. The van der Waals surface area contributed by atoms with Crippen LogP contribution in [0.3, 0.4) is 0 Å². The van der Waals surface area contributed by atoms with E-state index in [0.717, 1.165) is 50.8 Å². The standard InChI is InChI=1S/C31H47N3O5/c1-20-15-23(32-17-20)11-14-34(18-38-19-35)29(37)39-33-21(2)26-7-8-27-25-6-5-22-16-24(36)9-12-30(22,3)28(25)10-13-31(26,27)4/h16,19-20,23,25-28,32H,5-15,17-18H2,1-4H3/b33-21+/t20?,23?,25-,26+,27-,28-,30-,31+/m0/s1. The van der Waals surface area contributed by atoms with Crippen LogP contribution < -0.4 is 5.32 Å². The molecule has 8 heteroatoms. The number of oxime groups is 1. The number of hydrogen-bond acceptors (Lipinski definition) is 7. The van der Waals surface area contributed by atoms with Crippen molar-refractivity contribution >= 4 is 24.1 Å². The number of amides is 1. The summed E-state index contributed by atoms with van der Waals surface area (Å²) in [5, 5.41) is 7.85. The first-order chi connectivity index (χ1) is 18.7. The van der Waals surface area contributed by atoms with Crippen LogP contribution in [-0.2, 0) is 19.2 Å². The Morgan fingerprint density at radius 3 is 2.74 bits per heavy atom. The highest BCUT2D eigenvalue weighted by Crippen LogP contribution is 2.66. The van der Waals surface area contributed by atoms with Gasteiger partial charge in [0.2, 0.25) is 0 Å². The highest BCUT2D eigenvalue weighted by atomic mass is 16.7. The molecule has 1 saturated heterocycles. The van der Waals surface area contributed by atoms with E-state index >= 15 is 0 Å². The second-order valence-corrected chi connectivity index (χ2v) is 13.6. The van der Waals surface area contributed by atoms with Crippen LogP contribution in [0.15, 0.2) is 16.8 Å². The van der Waals surface area contributed by atoms with Crippen molar-refractivity contribution < 1.29 is 24.0 Å². The van der Waals surface area contributed by atoms with Gasteiger partial charge in [0, 0.05) is 24.9 Å². The van der Waals surface area contributed by atoms with Gasteiger partial charge in [-0.3, -0.25) is 19.3 Å². The van der Waals surface area contributed by atoms with Gasteiger partial charge in [-0.15, -0.1) is 0 Å². The molecular formula is C31H47N3O5. The van der Waals surface area contributed by atoms with Crippen LogP contribution in [-0.4, -0.2) is 54.8 Å². The van der Waals surface area contributed by atoms with E-state index < -0.39 is 6.09 Å². The molecule has 2 unspecified atom stereocenters. The number of carbonyl (C=O) groups is 3. The lowest BCUT2D eigenvalue weighted by Gasteiger charge is -2.58. The number of fused-ring (bicyclic) bond motifs is 5. The largest absolute Gasteiger partial charge is 0.446 e. The highest BCUT2D eigenvalue weighted by Gasteiger charge is 2.59. The molecule has 39 heavy (non-hydrogen) atoms. The first kappa shape index (κ1) is 28.3. The summed E-state index contributed by atoms with van der Waals surface area (Å²) in [5.74, 6) is 3.20. The number of allylic oxidation sites excluding steroid dienone is 1. The summed E-state index contributed by atoms with van der Waals surface area (Å²) in [6.45, 7) is 10.7. The number of nitrogens with one attached hydrogen (secondary N) is 1. The van der Waals surface area contributed by atoms with Crippen molar-refractivity contribution in [2.75, 3.05) is 19.8 Å². The second kappa shape index (κ2) is 11.3. The van der Waals surface area contributed by atoms with Gasteiger partial charge in [-0.05, 0) is 112 Å². The minimum Gasteiger partial charge on any atom is -0.446 e. The molecule has 0 spiro atoms. The monoisotopic (exact) mass is 541 g/mol. The van der Waals surface area contributed by atoms with Gasteiger partial charge < -0.3 is 10.1 Å². The normalized spacial score (nSPS) is 39.7. The summed E-state index contributed by atoms with van der Waals surface area (Å²) in [4.78, 5) is 42.7. The predicted molar refractivity (Wildman–Crippen MR) is 149 cm³/mol. The lowest BCUT2D eigenvalue weighted by molar-refractivity contribution is -0.132. The van der Waals surface area contributed by atoms with Crippen molar-refractivity contribution in [3.05, 3.63) is 11.6 Å². The zero-order valence-electron chi connectivity index (χ0n) is 24.2. The zero-order chi connectivity index (χ0) is 27.8. The molecule has 1 amide bonds. The Kier molecular flexibility index (Phi) is 8.23. The van der Waals surface area contributed by atoms with E-state index in [4.69, 9.17) is 9.57 Å². The fraction of sp³-hybridized carbons (Fsp3) is 0.806. The average molecular weight is 542 g/mol. The van der Waals surface area contributed by atoms with Crippen LogP contribution in [0, 0.1) is 40.4 Å². The molecule has 0 aromatic rings. The summed E-state index contributed by atoms with van der Waals surface area (Å²) >= 11 is 0. The first-order valence-corrected chi connectivity index (χ1v) is 15.2. The molecule has 8 atom stereocenters. The van der Waals surface area contributed by atoms with E-state index in [9.17, 15) is 14.4 Å². The highest BCUT2D eigenvalue weighted by molar-refractivity contribution is 5.91. The summed E-state index contributed by atoms with van der Waals surface area (Å²) in [5.41, 5.74) is 2.62. The van der Waals surface area contributed by atoms with Gasteiger partial charge >= 0.3 is 6.09 Å². The van der Waals surface area contributed by atoms with Crippen LogP contribution >= 0.6 is 0 Å². The molecule has 5 rings (SSSR count). The molecule has 3 saturated carbocycles. The number of ketones is 1. The molecule has 1 heterocycles. The molecule has 8 nitrogen and oxygen atoms in total. The Balaban J connectivity index is 1.23. The molecule has 1 aliphatic heterocycles. The molecule has 5 aliphatic rings. The van der Waals surface area contributed by atoms with Gasteiger partial charge in [-0.1, -0.05) is 31.5 Å². The van der Waals surface area contributed by atoms with Crippen LogP contribution in [0.5, 0.6) is 0 Å². The summed E-state index contributed by atoms with van der Waals surface area (Å²) in [7, 11) is 0. The Morgan fingerprint density at radius 2 is 2.00 bits per heavy atom. The van der Waals surface area contributed by atoms with E-state index in [-0.39, 0.29) is 23.5 Å². The summed E-state index contributed by atoms with van der Waals surface area (Å²) in [6.07, 6.45) is 11.8. The minimum absolute atomic E-state index is 0.133. The van der Waals surface area contributed by atoms with Crippen LogP contribution in [0.2, 0.25) is 0 Å². The SMILES string of the molecule is C/C(=N\OC(=O)N(CCC1CC(C)CN1)COC=O)[C@H]1CC[C@H]2[C@@H]3CCC4=CC(=O)CC[C@]4(C)[C@H]3CC[C@]12C. The first-order valence-electron chi connectivity index (χ1n) is 15.2. The van der Waals surface area contributed by atoms with E-state index in [0.29, 0.717) is 54.9 Å². The van der Waals surface area contributed by atoms with Gasteiger partial charge in [0.05, 0.1) is 5.71 Å². The van der Waals surface area contributed by atoms with Crippen molar-refractivity contribution in [1.82, 2.24) is 10.2 Å². The molecule has 0 bridgehead atoms. The van der Waals surface area contributed by atoms with Crippen LogP contribution in [0.1, 0.15) is 91.9 Å². The Labute approximate surface area is 233 Å². The van der Waals surface area contributed by atoms with Gasteiger partial charge in [0.15, 0.2) is 12.5 Å². The van der Waals surface area contributed by atoms with Crippen molar-refractivity contribution in [2.24, 2.45) is 45.6 Å². The third-order valence-electron chi connectivity index (χ3n) is 11.5. The Bertz CT molecular complexity index is 1030. The van der Waals surface area contributed by atoms with Gasteiger partial charge in [-0.25, -0.2) is 4.79 Å². The molecule has 0 aromatic carbocycles. The van der Waals surface area contributed by atoms with E-state index in [1.54, 1.807) is 0 Å². The third kappa shape index (κ3) is 5.42. The molecule has 216 valence electrons. The lowest BCUT2D eigenvalue weighted by Crippen LogP contribution is -2.51. The summed E-state index contributed by atoms with van der Waals surface area (Å²) in [6, 6.07) is 0.352. The van der Waals surface area contributed by atoms with Crippen molar-refractivity contribution in [3.63, 3.8) is 0 Å². The number of ether oxygens (including phenoxy) is 1. The third-order valence-corrected chi connectivity index (χ3v) is 11.5. The molecule has 0 radical (unpaired) electrons. The second-order valence-electron chi connectivity index (χ2n) is 13.6. The zero-order valence-corrected chi connectivity index (χ0v) is 24.2. The maximum absolute atomic E-state index is 12.9. The Hall–Kier alpha value is -2.22. The quantitative estimate of drug-likeness (QED) is 0.144. The maximum Gasteiger partial charge on any atom is 0.438 e. The molecule has 4 aliphatic carbocycles. The maximum atomic E-state index is 12.9. The molecule has 1 N–H and O–H groups in total. The van der Waals surface area contributed by atoms with Gasteiger partial charge in [0.25, 0.3) is 6.47 Å². The van der Waals surface area contributed by atoms with Crippen LogP contribution in [0.4, 0.5) is 4.79 Å². The van der Waals surface area contributed by atoms with Crippen LogP contribution in [0.25, 0.3) is 0 Å². The van der Waals surface area contributed by atoms with Crippen molar-refractivity contribution in [2.45, 2.75) is 97.9 Å². The number of carbonyl (C=O) groups excluding carboxylic acids is 3. The van der Waals surface area contributed by atoms with E-state index in [2.05, 4.69) is 31.2 Å². The van der Waals surface area contributed by atoms with Crippen molar-refractivity contribution in [3.8, 4) is 0 Å². The summed E-state index contributed by atoms with van der Waals surface area (Å²) < 4.78 is 4.90.